The minimum atomic E-state index is -3.67. The maximum Gasteiger partial charge on any atom is 0.261 e. The molecule has 0 unspecified atom stereocenters. The number of hydrogen-bond donors (Lipinski definition) is 3. The highest BCUT2D eigenvalue weighted by Crippen LogP contribution is 1.60. The molecule has 0 aliphatic rings. The standard InChI is InChI=1S/C4H11NO.CH4O3S.ClH/c1-2-5-3-4-6;1-5(2,3)4;/h5-6H,2-4H2,1H3;1H3,(H,2,3,4);1H. The van der Waals surface area contributed by atoms with E-state index in [1.54, 1.807) is 0 Å². The van der Waals surface area contributed by atoms with Gasteiger partial charge in [0.1, 0.15) is 0 Å². The molecule has 5 nitrogen and oxygen atoms in total. The Balaban J connectivity index is -0.000000126. The van der Waals surface area contributed by atoms with E-state index in [1.807, 2.05) is 6.92 Å². The molecular weight excluding hydrogens is 206 g/mol. The second kappa shape index (κ2) is 11.1. The maximum absolute atomic E-state index is 9.19. The fraction of sp³-hybridized carbons (Fsp3) is 1.00. The summed E-state index contributed by atoms with van der Waals surface area (Å²) >= 11 is 0. The molecule has 78 valence electrons. The van der Waals surface area contributed by atoms with Gasteiger partial charge in [-0.25, -0.2) is 0 Å². The molecule has 0 aromatic rings. The smallest absolute Gasteiger partial charge is 0.261 e. The van der Waals surface area contributed by atoms with Gasteiger partial charge in [0.15, 0.2) is 0 Å². The van der Waals surface area contributed by atoms with Gasteiger partial charge < -0.3 is 10.4 Å². The zero-order valence-electron chi connectivity index (χ0n) is 7.15. The van der Waals surface area contributed by atoms with Crippen LogP contribution in [-0.2, 0) is 10.1 Å². The van der Waals surface area contributed by atoms with E-state index < -0.39 is 10.1 Å². The maximum atomic E-state index is 9.19. The first-order chi connectivity index (χ1) is 4.91. The van der Waals surface area contributed by atoms with E-state index in [0.29, 0.717) is 6.26 Å². The molecule has 0 spiro atoms. The summed E-state index contributed by atoms with van der Waals surface area (Å²) in [5, 5.41) is 11.1. The van der Waals surface area contributed by atoms with Crippen molar-refractivity contribution in [3.63, 3.8) is 0 Å². The van der Waals surface area contributed by atoms with E-state index >= 15 is 0 Å². The van der Waals surface area contributed by atoms with Gasteiger partial charge in [-0.1, -0.05) is 6.92 Å². The molecule has 0 saturated carbocycles. The van der Waals surface area contributed by atoms with Crippen LogP contribution in [0.1, 0.15) is 6.92 Å². The van der Waals surface area contributed by atoms with Crippen LogP contribution in [0, 0.1) is 0 Å². The summed E-state index contributed by atoms with van der Waals surface area (Å²) in [4.78, 5) is 0. The Bertz CT molecular complexity index is 147. The number of hydrogen-bond acceptors (Lipinski definition) is 4. The van der Waals surface area contributed by atoms with Crippen molar-refractivity contribution in [2.45, 2.75) is 6.92 Å². The van der Waals surface area contributed by atoms with Gasteiger partial charge in [0.2, 0.25) is 0 Å². The van der Waals surface area contributed by atoms with Crippen LogP contribution >= 0.6 is 12.4 Å². The number of nitrogens with one attached hydrogen (secondary N) is 1. The number of aliphatic hydroxyl groups is 1. The Morgan fingerprint density at radius 3 is 1.83 bits per heavy atom. The van der Waals surface area contributed by atoms with Crippen molar-refractivity contribution in [3.8, 4) is 0 Å². The van der Waals surface area contributed by atoms with Gasteiger partial charge in [0.25, 0.3) is 10.1 Å². The normalized spacial score (nSPS) is 9.33. The molecule has 0 heterocycles. The Morgan fingerprint density at radius 1 is 1.42 bits per heavy atom. The molecule has 7 heteroatoms. The number of likely N-dealkylation sites (N-methyl/N-ethyl adjacent to an activating group) is 1. The largest absolute Gasteiger partial charge is 0.395 e. The van der Waals surface area contributed by atoms with E-state index in [9.17, 15) is 8.42 Å². The first-order valence-electron chi connectivity index (χ1n) is 3.15. The minimum absolute atomic E-state index is 0. The highest BCUT2D eigenvalue weighted by molar-refractivity contribution is 7.85. The van der Waals surface area contributed by atoms with Gasteiger partial charge in [-0.15, -0.1) is 12.4 Å². The first-order valence-corrected chi connectivity index (χ1v) is 5.00. The quantitative estimate of drug-likeness (QED) is 0.443. The van der Waals surface area contributed by atoms with Gasteiger partial charge in [-0.05, 0) is 6.54 Å². The third kappa shape index (κ3) is 86.5. The van der Waals surface area contributed by atoms with E-state index in [1.165, 1.54) is 0 Å². The number of rotatable bonds is 3. The fourth-order valence-corrected chi connectivity index (χ4v) is 0.256. The molecule has 0 atom stereocenters. The van der Waals surface area contributed by atoms with Crippen LogP contribution in [0.15, 0.2) is 0 Å². The first kappa shape index (κ1) is 18.0. The van der Waals surface area contributed by atoms with Gasteiger partial charge in [0.05, 0.1) is 12.9 Å². The van der Waals surface area contributed by atoms with Crippen LogP contribution in [0.5, 0.6) is 0 Å². The van der Waals surface area contributed by atoms with Crippen LogP contribution < -0.4 is 5.32 Å². The SMILES string of the molecule is CCNCCO.CS(=O)(=O)O.Cl. The molecule has 0 amide bonds. The molecule has 0 aromatic heterocycles. The van der Waals surface area contributed by atoms with E-state index in [4.69, 9.17) is 9.66 Å². The van der Waals surface area contributed by atoms with Crippen LogP contribution in [0.3, 0.4) is 0 Å². The summed E-state index contributed by atoms with van der Waals surface area (Å²) in [6.07, 6.45) is 0.715. The van der Waals surface area contributed by atoms with Crippen molar-refractivity contribution in [1.29, 1.82) is 0 Å². The predicted octanol–water partition coefficient (Wildman–Crippen LogP) is -0.486. The van der Waals surface area contributed by atoms with Gasteiger partial charge in [-0.3, -0.25) is 4.55 Å². The van der Waals surface area contributed by atoms with Crippen molar-refractivity contribution in [2.24, 2.45) is 0 Å². The fourth-order valence-electron chi connectivity index (χ4n) is 0.256. The molecule has 12 heavy (non-hydrogen) atoms. The third-order valence-corrected chi connectivity index (χ3v) is 0.539. The summed E-state index contributed by atoms with van der Waals surface area (Å²) in [6, 6.07) is 0. The summed E-state index contributed by atoms with van der Waals surface area (Å²) in [5.74, 6) is 0. The Labute approximate surface area is 79.3 Å². The van der Waals surface area contributed by atoms with E-state index in [2.05, 4.69) is 5.32 Å². The Kier molecular flexibility index (Phi) is 16.7. The van der Waals surface area contributed by atoms with E-state index in [0.717, 1.165) is 13.1 Å². The van der Waals surface area contributed by atoms with Crippen molar-refractivity contribution < 1.29 is 18.1 Å². The second-order valence-corrected chi connectivity index (χ2v) is 3.28. The lowest BCUT2D eigenvalue weighted by Crippen LogP contribution is -2.16. The lowest BCUT2D eigenvalue weighted by molar-refractivity contribution is 0.293. The van der Waals surface area contributed by atoms with Crippen LogP contribution in [0.4, 0.5) is 0 Å². The lowest BCUT2D eigenvalue weighted by atomic mass is 10.6. The average molecular weight is 222 g/mol. The highest BCUT2D eigenvalue weighted by atomic mass is 35.5. The molecular formula is C5H16ClNO4S. The zero-order chi connectivity index (χ0) is 9.33. The Morgan fingerprint density at radius 2 is 1.75 bits per heavy atom. The van der Waals surface area contributed by atoms with Crippen LogP contribution in [0.2, 0.25) is 0 Å². The minimum Gasteiger partial charge on any atom is -0.395 e. The molecule has 0 radical (unpaired) electrons. The van der Waals surface area contributed by atoms with Crippen molar-refractivity contribution in [3.05, 3.63) is 0 Å². The van der Waals surface area contributed by atoms with E-state index in [-0.39, 0.29) is 19.0 Å². The zero-order valence-corrected chi connectivity index (χ0v) is 8.78. The van der Waals surface area contributed by atoms with Crippen molar-refractivity contribution in [2.75, 3.05) is 26.0 Å². The molecule has 0 fully saturated rings. The summed E-state index contributed by atoms with van der Waals surface area (Å²) in [6.45, 7) is 3.92. The monoisotopic (exact) mass is 221 g/mol. The molecule has 0 saturated heterocycles. The summed E-state index contributed by atoms with van der Waals surface area (Å²) < 4.78 is 25.9. The summed E-state index contributed by atoms with van der Waals surface area (Å²) in [7, 11) is -3.67. The topological polar surface area (TPSA) is 86.6 Å². The van der Waals surface area contributed by atoms with Crippen LogP contribution in [-0.4, -0.2) is 44.0 Å². The number of halogens is 1. The predicted molar refractivity (Wildman–Crippen MR) is 50.4 cm³/mol. The van der Waals surface area contributed by atoms with Crippen molar-refractivity contribution in [1.82, 2.24) is 5.32 Å². The molecule has 0 bridgehead atoms. The molecule has 0 rings (SSSR count). The van der Waals surface area contributed by atoms with Crippen molar-refractivity contribution >= 4 is 22.5 Å². The summed E-state index contributed by atoms with van der Waals surface area (Å²) in [5.41, 5.74) is 0. The highest BCUT2D eigenvalue weighted by Gasteiger charge is 1.81. The molecule has 0 aliphatic carbocycles. The molecule has 0 aromatic carbocycles. The average Bonchev–Trinajstić information content (AvgIpc) is 1.79. The third-order valence-electron chi connectivity index (χ3n) is 0.539. The molecule has 0 aliphatic heterocycles. The van der Waals surface area contributed by atoms with Gasteiger partial charge in [-0.2, -0.15) is 8.42 Å². The Hall–Kier alpha value is 0.120. The molecule has 3 N–H and O–H groups in total. The van der Waals surface area contributed by atoms with Gasteiger partial charge in [0, 0.05) is 6.54 Å². The van der Waals surface area contributed by atoms with Gasteiger partial charge >= 0.3 is 0 Å². The van der Waals surface area contributed by atoms with Crippen LogP contribution in [0.25, 0.3) is 0 Å². The number of aliphatic hydroxyl groups excluding tert-OH is 1. The lowest BCUT2D eigenvalue weighted by Gasteiger charge is -1.91. The second-order valence-electron chi connectivity index (χ2n) is 1.81.